The Bertz CT molecular complexity index is 714. The summed E-state index contributed by atoms with van der Waals surface area (Å²) >= 11 is 5.89. The van der Waals surface area contributed by atoms with E-state index in [2.05, 4.69) is 33.0 Å². The second kappa shape index (κ2) is 5.67. The largest absolute Gasteiger partial charge is 0.328 e. The zero-order valence-corrected chi connectivity index (χ0v) is 12.2. The van der Waals surface area contributed by atoms with Crippen LogP contribution in [0.5, 0.6) is 0 Å². The average molecular weight is 289 g/mol. The standard InChI is InChI=1S/C15H17ClN4/c1-19-11-12(10-17-19)7-9-20-14-5-3-2-4-13(14)18-15(20)6-8-16/h2-5,10-11H,6-9H2,1H3. The highest BCUT2D eigenvalue weighted by Gasteiger charge is 2.10. The SMILES string of the molecule is Cn1cc(CCn2c(CCCl)nc3ccccc32)cn1. The second-order valence-corrected chi connectivity index (χ2v) is 5.26. The van der Waals surface area contributed by atoms with Crippen molar-refractivity contribution in [1.82, 2.24) is 19.3 Å². The molecular weight excluding hydrogens is 272 g/mol. The fourth-order valence-corrected chi connectivity index (χ4v) is 2.66. The van der Waals surface area contributed by atoms with E-state index in [0.29, 0.717) is 5.88 Å². The Morgan fingerprint density at radius 3 is 2.80 bits per heavy atom. The molecule has 0 amide bonds. The summed E-state index contributed by atoms with van der Waals surface area (Å²) in [6.07, 6.45) is 5.72. The molecule has 0 bridgehead atoms. The van der Waals surface area contributed by atoms with Crippen LogP contribution in [0.3, 0.4) is 0 Å². The van der Waals surface area contributed by atoms with Crippen LogP contribution in [0.2, 0.25) is 0 Å². The molecule has 4 nitrogen and oxygen atoms in total. The number of imidazole rings is 1. The summed E-state index contributed by atoms with van der Waals surface area (Å²) in [5.41, 5.74) is 3.46. The highest BCUT2D eigenvalue weighted by atomic mass is 35.5. The number of fused-ring (bicyclic) bond motifs is 1. The van der Waals surface area contributed by atoms with Gasteiger partial charge in [-0.3, -0.25) is 4.68 Å². The zero-order chi connectivity index (χ0) is 13.9. The number of alkyl halides is 1. The lowest BCUT2D eigenvalue weighted by molar-refractivity contribution is 0.674. The Kier molecular flexibility index (Phi) is 3.74. The van der Waals surface area contributed by atoms with Gasteiger partial charge in [-0.1, -0.05) is 12.1 Å². The molecule has 3 aromatic rings. The zero-order valence-electron chi connectivity index (χ0n) is 11.5. The molecule has 0 aliphatic carbocycles. The van der Waals surface area contributed by atoms with E-state index >= 15 is 0 Å². The smallest absolute Gasteiger partial charge is 0.111 e. The lowest BCUT2D eigenvalue weighted by atomic mass is 10.2. The van der Waals surface area contributed by atoms with Gasteiger partial charge < -0.3 is 4.57 Å². The molecule has 0 N–H and O–H groups in total. The van der Waals surface area contributed by atoms with Crippen molar-refractivity contribution in [2.45, 2.75) is 19.4 Å². The van der Waals surface area contributed by atoms with Crippen LogP contribution < -0.4 is 0 Å². The molecule has 3 rings (SSSR count). The number of hydrogen-bond donors (Lipinski definition) is 0. The first-order valence-electron chi connectivity index (χ1n) is 6.75. The van der Waals surface area contributed by atoms with Gasteiger partial charge in [-0.15, -0.1) is 11.6 Å². The molecule has 5 heteroatoms. The van der Waals surface area contributed by atoms with Crippen LogP contribution in [-0.4, -0.2) is 25.2 Å². The van der Waals surface area contributed by atoms with E-state index in [1.807, 2.05) is 30.1 Å². The molecule has 0 saturated carbocycles. The number of nitrogens with zero attached hydrogens (tertiary/aromatic N) is 4. The maximum absolute atomic E-state index is 5.89. The fraction of sp³-hybridized carbons (Fsp3) is 0.333. The minimum absolute atomic E-state index is 0.593. The van der Waals surface area contributed by atoms with E-state index in [0.717, 1.165) is 30.7 Å². The summed E-state index contributed by atoms with van der Waals surface area (Å²) in [6, 6.07) is 8.23. The van der Waals surface area contributed by atoms with Crippen molar-refractivity contribution in [2.24, 2.45) is 7.05 Å². The van der Waals surface area contributed by atoms with E-state index in [-0.39, 0.29) is 0 Å². The molecule has 0 radical (unpaired) electrons. The molecule has 0 aliphatic rings. The molecule has 2 aromatic heterocycles. The Balaban J connectivity index is 1.90. The Labute approximate surface area is 123 Å². The molecule has 0 unspecified atom stereocenters. The van der Waals surface area contributed by atoms with Crippen molar-refractivity contribution in [3.8, 4) is 0 Å². The second-order valence-electron chi connectivity index (χ2n) is 4.88. The minimum atomic E-state index is 0.593. The molecule has 104 valence electrons. The highest BCUT2D eigenvalue weighted by molar-refractivity contribution is 6.17. The van der Waals surface area contributed by atoms with Crippen molar-refractivity contribution in [3.05, 3.63) is 48.0 Å². The minimum Gasteiger partial charge on any atom is -0.328 e. The van der Waals surface area contributed by atoms with Gasteiger partial charge in [0.05, 0.1) is 17.2 Å². The van der Waals surface area contributed by atoms with Crippen LogP contribution in [0.1, 0.15) is 11.4 Å². The molecule has 20 heavy (non-hydrogen) atoms. The molecule has 2 heterocycles. The number of halogens is 1. The van der Waals surface area contributed by atoms with E-state index in [1.54, 1.807) is 0 Å². The van der Waals surface area contributed by atoms with Crippen LogP contribution >= 0.6 is 11.6 Å². The number of para-hydroxylation sites is 2. The molecule has 0 atom stereocenters. The van der Waals surface area contributed by atoms with Crippen LogP contribution in [0.4, 0.5) is 0 Å². The first kappa shape index (κ1) is 13.2. The van der Waals surface area contributed by atoms with Gasteiger partial charge in [0.2, 0.25) is 0 Å². The van der Waals surface area contributed by atoms with Crippen molar-refractivity contribution < 1.29 is 0 Å². The van der Waals surface area contributed by atoms with Crippen molar-refractivity contribution >= 4 is 22.6 Å². The van der Waals surface area contributed by atoms with Gasteiger partial charge in [0.1, 0.15) is 5.82 Å². The third kappa shape index (κ3) is 2.56. The van der Waals surface area contributed by atoms with Gasteiger partial charge in [-0.25, -0.2) is 4.98 Å². The number of aromatic nitrogens is 4. The van der Waals surface area contributed by atoms with E-state index < -0.39 is 0 Å². The van der Waals surface area contributed by atoms with Gasteiger partial charge in [0, 0.05) is 32.1 Å². The predicted molar refractivity (Wildman–Crippen MR) is 81.1 cm³/mol. The third-order valence-electron chi connectivity index (χ3n) is 3.43. The summed E-state index contributed by atoms with van der Waals surface area (Å²) in [5, 5.41) is 4.21. The summed E-state index contributed by atoms with van der Waals surface area (Å²) in [4.78, 5) is 4.68. The molecular formula is C15H17ClN4. The summed E-state index contributed by atoms with van der Waals surface area (Å²) in [5.74, 6) is 1.65. The topological polar surface area (TPSA) is 35.6 Å². The highest BCUT2D eigenvalue weighted by Crippen LogP contribution is 2.17. The first-order chi connectivity index (χ1) is 9.78. The van der Waals surface area contributed by atoms with Crippen molar-refractivity contribution in [3.63, 3.8) is 0 Å². The molecule has 0 saturated heterocycles. The quantitative estimate of drug-likeness (QED) is 0.677. The summed E-state index contributed by atoms with van der Waals surface area (Å²) in [7, 11) is 1.94. The summed E-state index contributed by atoms with van der Waals surface area (Å²) in [6.45, 7) is 0.901. The number of rotatable bonds is 5. The Hall–Kier alpha value is -1.81. The third-order valence-corrected chi connectivity index (χ3v) is 3.62. The van der Waals surface area contributed by atoms with E-state index in [4.69, 9.17) is 11.6 Å². The lowest BCUT2D eigenvalue weighted by Crippen LogP contribution is -2.06. The maximum Gasteiger partial charge on any atom is 0.111 e. The van der Waals surface area contributed by atoms with Gasteiger partial charge in [-0.2, -0.15) is 5.10 Å². The molecule has 0 aliphatic heterocycles. The maximum atomic E-state index is 5.89. The normalized spacial score (nSPS) is 11.3. The van der Waals surface area contributed by atoms with E-state index in [1.165, 1.54) is 11.1 Å². The number of hydrogen-bond acceptors (Lipinski definition) is 2. The van der Waals surface area contributed by atoms with Crippen LogP contribution in [0, 0.1) is 0 Å². The number of benzene rings is 1. The Morgan fingerprint density at radius 1 is 1.20 bits per heavy atom. The van der Waals surface area contributed by atoms with Crippen LogP contribution in [-0.2, 0) is 26.4 Å². The first-order valence-corrected chi connectivity index (χ1v) is 7.29. The van der Waals surface area contributed by atoms with Crippen LogP contribution in [0.15, 0.2) is 36.7 Å². The lowest BCUT2D eigenvalue weighted by Gasteiger charge is -2.07. The molecule has 1 aromatic carbocycles. The van der Waals surface area contributed by atoms with Gasteiger partial charge in [0.15, 0.2) is 0 Å². The monoisotopic (exact) mass is 288 g/mol. The Morgan fingerprint density at radius 2 is 2.05 bits per heavy atom. The van der Waals surface area contributed by atoms with Crippen LogP contribution in [0.25, 0.3) is 11.0 Å². The van der Waals surface area contributed by atoms with Gasteiger partial charge in [-0.05, 0) is 24.1 Å². The average Bonchev–Trinajstić information content (AvgIpc) is 3.00. The molecule has 0 spiro atoms. The predicted octanol–water partition coefficient (Wildman–Crippen LogP) is 2.79. The van der Waals surface area contributed by atoms with E-state index in [9.17, 15) is 0 Å². The summed E-state index contributed by atoms with van der Waals surface area (Å²) < 4.78 is 4.10. The van der Waals surface area contributed by atoms with Crippen molar-refractivity contribution in [2.75, 3.05) is 5.88 Å². The van der Waals surface area contributed by atoms with Gasteiger partial charge in [0.25, 0.3) is 0 Å². The number of aryl methyl sites for hydroxylation is 4. The fourth-order valence-electron chi connectivity index (χ4n) is 2.49. The van der Waals surface area contributed by atoms with Crippen molar-refractivity contribution in [1.29, 1.82) is 0 Å². The van der Waals surface area contributed by atoms with Gasteiger partial charge >= 0.3 is 0 Å². The molecule has 0 fully saturated rings.